The minimum Gasteiger partial charge on any atom is -0.375 e. The van der Waals surface area contributed by atoms with Gasteiger partial charge in [-0.15, -0.1) is 0 Å². The number of nitrogens with zero attached hydrogens (tertiary/aromatic N) is 4. The smallest absolute Gasteiger partial charge is 0.375 e. The largest absolute Gasteiger partial charge is 0.417 e. The summed E-state index contributed by atoms with van der Waals surface area (Å²) in [5.41, 5.74) is -0.808. The lowest BCUT2D eigenvalue weighted by Crippen LogP contribution is -2.21. The van der Waals surface area contributed by atoms with E-state index >= 15 is 0 Å². The second kappa shape index (κ2) is 6.73. The molecule has 0 aliphatic rings. The molecule has 0 saturated heterocycles. The highest BCUT2D eigenvalue weighted by molar-refractivity contribution is 5.54. The highest BCUT2D eigenvalue weighted by Crippen LogP contribution is 2.34. The minimum atomic E-state index is -4.53. The van der Waals surface area contributed by atoms with Gasteiger partial charge in [0.15, 0.2) is 0 Å². The first-order valence-corrected chi connectivity index (χ1v) is 7.13. The second-order valence-corrected chi connectivity index (χ2v) is 5.28. The molecule has 0 spiro atoms. The summed E-state index contributed by atoms with van der Waals surface area (Å²) < 4.78 is 40.9. The monoisotopic (exact) mass is 322 g/mol. The third-order valence-electron chi connectivity index (χ3n) is 3.69. The summed E-state index contributed by atoms with van der Waals surface area (Å²) in [6, 6.07) is 5.37. The van der Waals surface area contributed by atoms with Gasteiger partial charge in [0, 0.05) is 38.2 Å². The van der Waals surface area contributed by atoms with Gasteiger partial charge >= 0.3 is 6.18 Å². The summed E-state index contributed by atoms with van der Waals surface area (Å²) >= 11 is 0. The number of hydrogen-bond acceptors (Lipinski definition) is 3. The molecule has 1 aromatic carbocycles. The number of benzene rings is 1. The van der Waals surface area contributed by atoms with E-state index in [4.69, 9.17) is 5.26 Å². The number of aromatic nitrogens is 2. The number of alkyl halides is 3. The van der Waals surface area contributed by atoms with E-state index in [0.29, 0.717) is 12.2 Å². The third-order valence-corrected chi connectivity index (χ3v) is 3.69. The van der Waals surface area contributed by atoms with Crippen LogP contribution in [0.2, 0.25) is 0 Å². The van der Waals surface area contributed by atoms with Crippen LogP contribution in [0.1, 0.15) is 23.4 Å². The Labute approximate surface area is 132 Å². The van der Waals surface area contributed by atoms with Gasteiger partial charge in [0.1, 0.15) is 5.82 Å². The molecule has 23 heavy (non-hydrogen) atoms. The molecule has 4 nitrogen and oxygen atoms in total. The van der Waals surface area contributed by atoms with Crippen molar-refractivity contribution >= 4 is 5.69 Å². The maximum absolute atomic E-state index is 13.0. The number of halogens is 3. The van der Waals surface area contributed by atoms with E-state index in [1.165, 1.54) is 12.1 Å². The van der Waals surface area contributed by atoms with Crippen molar-refractivity contribution in [2.45, 2.75) is 26.1 Å². The van der Waals surface area contributed by atoms with E-state index in [0.717, 1.165) is 24.9 Å². The molecule has 0 bridgehead atoms. The number of anilines is 1. The zero-order valence-electron chi connectivity index (χ0n) is 12.9. The summed E-state index contributed by atoms with van der Waals surface area (Å²) in [7, 11) is 1.74. The summed E-state index contributed by atoms with van der Waals surface area (Å²) in [6.07, 6.45) is -0.168. The van der Waals surface area contributed by atoms with Crippen molar-refractivity contribution in [2.24, 2.45) is 0 Å². The van der Waals surface area contributed by atoms with E-state index < -0.39 is 11.7 Å². The van der Waals surface area contributed by atoms with Crippen molar-refractivity contribution < 1.29 is 13.2 Å². The zero-order chi connectivity index (χ0) is 17.0. The quantitative estimate of drug-likeness (QED) is 0.845. The molecule has 0 radical (unpaired) electrons. The summed E-state index contributed by atoms with van der Waals surface area (Å²) in [5, 5.41) is 8.81. The Kier molecular flexibility index (Phi) is 4.94. The molecule has 0 aliphatic heterocycles. The molecule has 0 aliphatic carbocycles. The molecule has 0 amide bonds. The van der Waals surface area contributed by atoms with E-state index in [1.54, 1.807) is 24.2 Å². The first kappa shape index (κ1) is 16.9. The number of hydrogen-bond donors (Lipinski definition) is 0. The lowest BCUT2D eigenvalue weighted by Gasteiger charge is -2.21. The molecule has 7 heteroatoms. The van der Waals surface area contributed by atoms with Crippen molar-refractivity contribution in [1.82, 2.24) is 9.55 Å². The van der Waals surface area contributed by atoms with Gasteiger partial charge in [0.05, 0.1) is 17.2 Å². The van der Waals surface area contributed by atoms with Crippen molar-refractivity contribution in [3.8, 4) is 6.07 Å². The normalized spacial score (nSPS) is 11.3. The third kappa shape index (κ3) is 4.03. The van der Waals surface area contributed by atoms with Crippen LogP contribution in [0, 0.1) is 18.3 Å². The van der Waals surface area contributed by atoms with Crippen LogP contribution in [0.4, 0.5) is 18.9 Å². The van der Waals surface area contributed by atoms with Crippen LogP contribution < -0.4 is 4.90 Å². The molecule has 2 rings (SSSR count). The molecule has 0 fully saturated rings. The molecular weight excluding hydrogens is 305 g/mol. The van der Waals surface area contributed by atoms with Gasteiger partial charge in [-0.1, -0.05) is 0 Å². The van der Waals surface area contributed by atoms with E-state index in [1.807, 2.05) is 17.7 Å². The van der Waals surface area contributed by atoms with Crippen molar-refractivity contribution in [2.75, 3.05) is 18.5 Å². The number of aryl methyl sites for hydroxylation is 2. The molecular formula is C16H17F3N4. The molecule has 1 heterocycles. The second-order valence-electron chi connectivity index (χ2n) is 5.28. The standard InChI is InChI=1S/C16H17F3N4/c1-12-21-6-9-23(12)8-3-7-22(2)14-5-4-13(11-20)15(10-14)16(17,18)19/h4-6,9-10H,3,7-8H2,1-2H3. The first-order chi connectivity index (χ1) is 10.8. The van der Waals surface area contributed by atoms with E-state index in [9.17, 15) is 13.2 Å². The maximum Gasteiger partial charge on any atom is 0.417 e. The molecule has 1 aromatic heterocycles. The highest BCUT2D eigenvalue weighted by Gasteiger charge is 2.34. The van der Waals surface area contributed by atoms with Gasteiger partial charge < -0.3 is 9.47 Å². The maximum atomic E-state index is 13.0. The van der Waals surface area contributed by atoms with Crippen LogP contribution >= 0.6 is 0 Å². The highest BCUT2D eigenvalue weighted by atomic mass is 19.4. The minimum absolute atomic E-state index is 0.358. The number of imidazole rings is 1. The molecule has 2 aromatic rings. The fraction of sp³-hybridized carbons (Fsp3) is 0.375. The lowest BCUT2D eigenvalue weighted by molar-refractivity contribution is -0.137. The van der Waals surface area contributed by atoms with Gasteiger partial charge in [0.25, 0.3) is 0 Å². The fourth-order valence-electron chi connectivity index (χ4n) is 2.35. The van der Waals surface area contributed by atoms with Crippen LogP contribution in [0.5, 0.6) is 0 Å². The predicted octanol–water partition coefficient (Wildman–Crippen LogP) is 3.61. The topological polar surface area (TPSA) is 44.9 Å². The summed E-state index contributed by atoms with van der Waals surface area (Å²) in [6.45, 7) is 3.25. The van der Waals surface area contributed by atoms with Gasteiger partial charge in [-0.25, -0.2) is 4.98 Å². The molecule has 0 saturated carbocycles. The van der Waals surface area contributed by atoms with Crippen molar-refractivity contribution in [3.63, 3.8) is 0 Å². The SMILES string of the molecule is Cc1nccn1CCCN(C)c1ccc(C#N)c(C(F)(F)F)c1. The first-order valence-electron chi connectivity index (χ1n) is 7.13. The Hall–Kier alpha value is -2.49. The van der Waals surface area contributed by atoms with Crippen LogP contribution in [-0.4, -0.2) is 23.1 Å². The zero-order valence-corrected chi connectivity index (χ0v) is 12.9. The van der Waals surface area contributed by atoms with Gasteiger partial charge in [-0.2, -0.15) is 18.4 Å². The van der Waals surface area contributed by atoms with Crippen LogP contribution in [0.3, 0.4) is 0 Å². The summed E-state index contributed by atoms with van der Waals surface area (Å²) in [5.74, 6) is 0.908. The fourth-order valence-corrected chi connectivity index (χ4v) is 2.35. The molecule has 0 N–H and O–H groups in total. The Morgan fingerprint density at radius 1 is 1.35 bits per heavy atom. The molecule has 0 atom stereocenters. The lowest BCUT2D eigenvalue weighted by atomic mass is 10.1. The van der Waals surface area contributed by atoms with Crippen LogP contribution in [0.25, 0.3) is 0 Å². The average Bonchev–Trinajstić information content (AvgIpc) is 2.91. The van der Waals surface area contributed by atoms with E-state index in [2.05, 4.69) is 4.98 Å². The summed E-state index contributed by atoms with van der Waals surface area (Å²) in [4.78, 5) is 5.88. The Balaban J connectivity index is 2.06. The predicted molar refractivity (Wildman–Crippen MR) is 81.0 cm³/mol. The van der Waals surface area contributed by atoms with E-state index in [-0.39, 0.29) is 5.56 Å². The van der Waals surface area contributed by atoms with Gasteiger partial charge in [-0.05, 0) is 31.5 Å². The molecule has 122 valence electrons. The Morgan fingerprint density at radius 2 is 2.09 bits per heavy atom. The number of rotatable bonds is 5. The van der Waals surface area contributed by atoms with Crippen LogP contribution in [-0.2, 0) is 12.7 Å². The van der Waals surface area contributed by atoms with Gasteiger partial charge in [-0.3, -0.25) is 0 Å². The number of nitriles is 1. The van der Waals surface area contributed by atoms with Crippen LogP contribution in [0.15, 0.2) is 30.6 Å². The van der Waals surface area contributed by atoms with Crippen molar-refractivity contribution in [1.29, 1.82) is 5.26 Å². The van der Waals surface area contributed by atoms with Gasteiger partial charge in [0.2, 0.25) is 0 Å². The average molecular weight is 322 g/mol. The molecule has 0 unspecified atom stereocenters. The Bertz CT molecular complexity index is 713. The van der Waals surface area contributed by atoms with Crippen molar-refractivity contribution in [3.05, 3.63) is 47.5 Å². The Morgan fingerprint density at radius 3 is 2.65 bits per heavy atom.